The van der Waals surface area contributed by atoms with Crippen molar-refractivity contribution < 1.29 is 0 Å². The lowest BCUT2D eigenvalue weighted by Crippen LogP contribution is -2.22. The standard InChI is InChI=1S/C15H20BrClN4/c1-4-11-14(16)13(21(5-2)20-11)9-12(18-3)15-10(17)7-6-8-19-15/h6-8,12,18H,4-5,9H2,1-3H3. The molecule has 0 spiro atoms. The quantitative estimate of drug-likeness (QED) is 0.840. The van der Waals surface area contributed by atoms with Crippen LogP contribution in [-0.2, 0) is 19.4 Å². The van der Waals surface area contributed by atoms with Crippen molar-refractivity contribution in [3.63, 3.8) is 0 Å². The average molecular weight is 372 g/mol. The van der Waals surface area contributed by atoms with Crippen molar-refractivity contribution in [1.29, 1.82) is 0 Å². The van der Waals surface area contributed by atoms with Crippen LogP contribution in [0.5, 0.6) is 0 Å². The van der Waals surface area contributed by atoms with Crippen LogP contribution < -0.4 is 5.32 Å². The smallest absolute Gasteiger partial charge is 0.0766 e. The number of aromatic nitrogens is 3. The van der Waals surface area contributed by atoms with E-state index < -0.39 is 0 Å². The third-order valence-corrected chi connectivity index (χ3v) is 4.79. The zero-order valence-corrected chi connectivity index (χ0v) is 14.9. The SMILES string of the molecule is CCc1nn(CC)c(CC(NC)c2ncccc2Cl)c1Br. The van der Waals surface area contributed by atoms with Gasteiger partial charge in [-0.25, -0.2) is 0 Å². The maximum atomic E-state index is 6.27. The van der Waals surface area contributed by atoms with Gasteiger partial charge in [-0.15, -0.1) is 0 Å². The molecule has 0 saturated heterocycles. The molecule has 0 aromatic carbocycles. The lowest BCUT2D eigenvalue weighted by molar-refractivity contribution is 0.530. The zero-order chi connectivity index (χ0) is 15.4. The third-order valence-electron chi connectivity index (χ3n) is 3.56. The van der Waals surface area contributed by atoms with Gasteiger partial charge in [0, 0.05) is 19.2 Å². The van der Waals surface area contributed by atoms with Crippen molar-refractivity contribution in [1.82, 2.24) is 20.1 Å². The van der Waals surface area contributed by atoms with Gasteiger partial charge in [-0.1, -0.05) is 18.5 Å². The molecule has 2 rings (SSSR count). The van der Waals surface area contributed by atoms with Crippen LogP contribution in [0.2, 0.25) is 5.02 Å². The van der Waals surface area contributed by atoms with Crippen LogP contribution in [0, 0.1) is 0 Å². The summed E-state index contributed by atoms with van der Waals surface area (Å²) in [6.07, 6.45) is 3.47. The minimum absolute atomic E-state index is 0.0571. The first kappa shape index (κ1) is 16.5. The van der Waals surface area contributed by atoms with Gasteiger partial charge < -0.3 is 5.32 Å². The van der Waals surface area contributed by atoms with Gasteiger partial charge >= 0.3 is 0 Å². The molecule has 2 aromatic heterocycles. The van der Waals surface area contributed by atoms with E-state index in [0.29, 0.717) is 5.02 Å². The monoisotopic (exact) mass is 370 g/mol. The largest absolute Gasteiger partial charge is 0.311 e. The summed E-state index contributed by atoms with van der Waals surface area (Å²) in [5.41, 5.74) is 3.14. The van der Waals surface area contributed by atoms with Gasteiger partial charge in [-0.2, -0.15) is 5.10 Å². The second kappa shape index (κ2) is 7.38. The van der Waals surface area contributed by atoms with Crippen LogP contribution in [0.3, 0.4) is 0 Å². The summed E-state index contributed by atoms with van der Waals surface area (Å²) in [4.78, 5) is 4.42. The van der Waals surface area contributed by atoms with Crippen LogP contribution in [0.15, 0.2) is 22.8 Å². The van der Waals surface area contributed by atoms with Crippen LogP contribution in [-0.4, -0.2) is 21.8 Å². The summed E-state index contributed by atoms with van der Waals surface area (Å²) < 4.78 is 3.14. The topological polar surface area (TPSA) is 42.7 Å². The van der Waals surface area contributed by atoms with E-state index in [4.69, 9.17) is 11.6 Å². The molecule has 114 valence electrons. The zero-order valence-electron chi connectivity index (χ0n) is 12.5. The van der Waals surface area contributed by atoms with Crippen molar-refractivity contribution in [2.75, 3.05) is 7.05 Å². The normalized spacial score (nSPS) is 12.6. The van der Waals surface area contributed by atoms with Crippen molar-refractivity contribution in [3.8, 4) is 0 Å². The van der Waals surface area contributed by atoms with Crippen molar-refractivity contribution >= 4 is 27.5 Å². The number of pyridine rings is 1. The number of likely N-dealkylation sites (N-methyl/N-ethyl adjacent to an activating group) is 1. The molecule has 1 N–H and O–H groups in total. The van der Waals surface area contributed by atoms with E-state index >= 15 is 0 Å². The first-order valence-corrected chi connectivity index (χ1v) is 8.31. The van der Waals surface area contributed by atoms with Gasteiger partial charge in [-0.05, 0) is 48.5 Å². The number of nitrogens with zero attached hydrogens (tertiary/aromatic N) is 3. The van der Waals surface area contributed by atoms with Crippen LogP contribution in [0.25, 0.3) is 0 Å². The maximum Gasteiger partial charge on any atom is 0.0766 e. The fourth-order valence-electron chi connectivity index (χ4n) is 2.40. The molecule has 0 radical (unpaired) electrons. The number of hydrogen-bond donors (Lipinski definition) is 1. The molecule has 0 aliphatic heterocycles. The van der Waals surface area contributed by atoms with E-state index in [2.05, 4.69) is 45.2 Å². The minimum atomic E-state index is 0.0571. The second-order valence-corrected chi connectivity index (χ2v) is 5.99. The Labute approximate surface area is 139 Å². The van der Waals surface area contributed by atoms with E-state index in [-0.39, 0.29) is 6.04 Å². The van der Waals surface area contributed by atoms with E-state index in [9.17, 15) is 0 Å². The summed E-state index contributed by atoms with van der Waals surface area (Å²) in [5.74, 6) is 0. The van der Waals surface area contributed by atoms with Crippen molar-refractivity contribution in [2.45, 2.75) is 39.3 Å². The Hall–Kier alpha value is -0.910. The Balaban J connectivity index is 2.35. The molecule has 0 aliphatic carbocycles. The lowest BCUT2D eigenvalue weighted by atomic mass is 10.1. The molecule has 0 bridgehead atoms. The van der Waals surface area contributed by atoms with Gasteiger partial charge in [0.1, 0.15) is 0 Å². The molecule has 4 nitrogen and oxygen atoms in total. The highest BCUT2D eigenvalue weighted by Crippen LogP contribution is 2.29. The molecule has 6 heteroatoms. The summed E-state index contributed by atoms with van der Waals surface area (Å²) in [6, 6.07) is 3.78. The van der Waals surface area contributed by atoms with Gasteiger partial charge in [0.25, 0.3) is 0 Å². The Bertz CT molecular complexity index is 612. The molecular weight excluding hydrogens is 352 g/mol. The van der Waals surface area contributed by atoms with Gasteiger partial charge in [0.2, 0.25) is 0 Å². The fraction of sp³-hybridized carbons (Fsp3) is 0.467. The number of rotatable bonds is 6. The van der Waals surface area contributed by atoms with Gasteiger partial charge in [0.05, 0.1) is 32.6 Å². The summed E-state index contributed by atoms with van der Waals surface area (Å²) in [6.45, 7) is 5.06. The van der Waals surface area contributed by atoms with E-state index in [1.807, 2.05) is 23.9 Å². The molecular formula is C15H20BrClN4. The predicted octanol–water partition coefficient (Wildman–Crippen LogP) is 3.78. The summed E-state index contributed by atoms with van der Waals surface area (Å²) in [7, 11) is 1.93. The molecule has 1 unspecified atom stereocenters. The Morgan fingerprint density at radius 2 is 2.19 bits per heavy atom. The molecule has 0 saturated carbocycles. The highest BCUT2D eigenvalue weighted by Gasteiger charge is 2.21. The maximum absolute atomic E-state index is 6.27. The van der Waals surface area contributed by atoms with Crippen LogP contribution in [0.4, 0.5) is 0 Å². The number of hydrogen-bond acceptors (Lipinski definition) is 3. The minimum Gasteiger partial charge on any atom is -0.311 e. The molecule has 0 fully saturated rings. The molecule has 21 heavy (non-hydrogen) atoms. The Morgan fingerprint density at radius 1 is 1.43 bits per heavy atom. The molecule has 2 heterocycles. The number of aryl methyl sites for hydroxylation is 2. The van der Waals surface area contributed by atoms with Crippen molar-refractivity contribution in [3.05, 3.63) is 44.9 Å². The van der Waals surface area contributed by atoms with E-state index in [1.54, 1.807) is 6.20 Å². The third kappa shape index (κ3) is 3.47. The van der Waals surface area contributed by atoms with Crippen LogP contribution >= 0.6 is 27.5 Å². The fourth-order valence-corrected chi connectivity index (χ4v) is 3.37. The Kier molecular flexibility index (Phi) is 5.79. The Morgan fingerprint density at radius 3 is 2.76 bits per heavy atom. The van der Waals surface area contributed by atoms with Gasteiger partial charge in [-0.3, -0.25) is 9.67 Å². The molecule has 2 aromatic rings. The van der Waals surface area contributed by atoms with Crippen LogP contribution in [0.1, 0.15) is 37.0 Å². The molecule has 1 atom stereocenters. The lowest BCUT2D eigenvalue weighted by Gasteiger charge is -2.17. The number of nitrogens with one attached hydrogen (secondary N) is 1. The average Bonchev–Trinajstić information content (AvgIpc) is 2.81. The number of halogens is 2. The first-order chi connectivity index (χ1) is 10.1. The first-order valence-electron chi connectivity index (χ1n) is 7.14. The highest BCUT2D eigenvalue weighted by atomic mass is 79.9. The predicted molar refractivity (Wildman–Crippen MR) is 89.7 cm³/mol. The molecule has 0 amide bonds. The second-order valence-electron chi connectivity index (χ2n) is 4.79. The van der Waals surface area contributed by atoms with E-state index in [0.717, 1.165) is 35.2 Å². The van der Waals surface area contributed by atoms with Crippen molar-refractivity contribution in [2.24, 2.45) is 0 Å². The van der Waals surface area contributed by atoms with E-state index in [1.165, 1.54) is 5.69 Å². The molecule has 0 aliphatic rings. The van der Waals surface area contributed by atoms with Gasteiger partial charge in [0.15, 0.2) is 0 Å². The highest BCUT2D eigenvalue weighted by molar-refractivity contribution is 9.10. The summed E-state index contributed by atoms with van der Waals surface area (Å²) in [5, 5.41) is 8.63. The summed E-state index contributed by atoms with van der Waals surface area (Å²) >= 11 is 9.96.